The van der Waals surface area contributed by atoms with Crippen LogP contribution >= 0.6 is 23.4 Å². The van der Waals surface area contributed by atoms with E-state index in [1.54, 1.807) is 0 Å². The van der Waals surface area contributed by atoms with Gasteiger partial charge in [-0.25, -0.2) is 0 Å². The van der Waals surface area contributed by atoms with Crippen molar-refractivity contribution in [3.63, 3.8) is 0 Å². The Labute approximate surface area is 173 Å². The van der Waals surface area contributed by atoms with Crippen LogP contribution in [0.1, 0.15) is 19.8 Å². The third kappa shape index (κ3) is 3.93. The van der Waals surface area contributed by atoms with Crippen molar-refractivity contribution in [2.24, 2.45) is 0 Å². The summed E-state index contributed by atoms with van der Waals surface area (Å²) in [4.78, 5) is 14.7. The largest absolute Gasteiger partial charge is 0.342 e. The van der Waals surface area contributed by atoms with Crippen LogP contribution in [0.25, 0.3) is 17.1 Å². The number of nitrogens with zero attached hydrogens (tertiary/aromatic N) is 4. The molecule has 0 spiro atoms. The molecule has 28 heavy (non-hydrogen) atoms. The van der Waals surface area contributed by atoms with Crippen molar-refractivity contribution in [1.82, 2.24) is 19.7 Å². The number of rotatable bonds is 5. The third-order valence-corrected chi connectivity index (χ3v) is 6.08. The average Bonchev–Trinajstić information content (AvgIpc) is 3.39. The van der Waals surface area contributed by atoms with Crippen molar-refractivity contribution in [1.29, 1.82) is 0 Å². The van der Waals surface area contributed by atoms with E-state index in [0.29, 0.717) is 10.2 Å². The Hall–Kier alpha value is -2.31. The molecule has 0 aliphatic carbocycles. The lowest BCUT2D eigenvalue weighted by molar-refractivity contribution is -0.129. The second-order valence-electron chi connectivity index (χ2n) is 6.78. The summed E-state index contributed by atoms with van der Waals surface area (Å²) in [6.45, 7) is 3.65. The Morgan fingerprint density at radius 1 is 1.04 bits per heavy atom. The number of aromatic nitrogens is 3. The zero-order valence-corrected chi connectivity index (χ0v) is 17.2. The molecular weight excluding hydrogens is 392 g/mol. The quantitative estimate of drug-likeness (QED) is 0.570. The van der Waals surface area contributed by atoms with Gasteiger partial charge in [-0.15, -0.1) is 10.2 Å². The van der Waals surface area contributed by atoms with E-state index in [1.165, 1.54) is 11.8 Å². The van der Waals surface area contributed by atoms with E-state index < -0.39 is 0 Å². The predicted octanol–water partition coefficient (Wildman–Crippen LogP) is 4.69. The zero-order chi connectivity index (χ0) is 19.5. The minimum Gasteiger partial charge on any atom is -0.342 e. The normalized spacial score (nSPS) is 15.0. The van der Waals surface area contributed by atoms with E-state index in [4.69, 9.17) is 11.6 Å². The second-order valence-corrected chi connectivity index (χ2v) is 8.52. The van der Waals surface area contributed by atoms with Gasteiger partial charge in [-0.1, -0.05) is 41.6 Å². The molecule has 4 rings (SSSR count). The standard InChI is InChI=1S/C21H21ClN4OS/c1-15(20(27)25-13-5-6-14-25)28-21-24-23-19(16-9-11-17(22)12-10-16)26(21)18-7-3-2-4-8-18/h2-4,7-12,15H,5-6,13-14H2,1H3/t15-/m1/s1. The molecule has 144 valence electrons. The number of likely N-dealkylation sites (tertiary alicyclic amines) is 1. The first-order chi connectivity index (χ1) is 13.6. The first kappa shape index (κ1) is 19.0. The highest BCUT2D eigenvalue weighted by Crippen LogP contribution is 2.31. The summed E-state index contributed by atoms with van der Waals surface area (Å²) < 4.78 is 2.00. The van der Waals surface area contributed by atoms with Gasteiger partial charge in [0.15, 0.2) is 11.0 Å². The number of hydrogen-bond acceptors (Lipinski definition) is 4. The van der Waals surface area contributed by atoms with Gasteiger partial charge in [0.05, 0.1) is 5.25 Å². The first-order valence-electron chi connectivity index (χ1n) is 9.36. The van der Waals surface area contributed by atoms with Crippen molar-refractivity contribution in [3.8, 4) is 17.1 Å². The van der Waals surface area contributed by atoms with Crippen LogP contribution in [0.2, 0.25) is 5.02 Å². The first-order valence-corrected chi connectivity index (χ1v) is 10.6. The molecule has 1 fully saturated rings. The lowest BCUT2D eigenvalue weighted by Crippen LogP contribution is -2.34. The number of benzene rings is 2. The fraction of sp³-hybridized carbons (Fsp3) is 0.286. The Kier molecular flexibility index (Phi) is 5.69. The highest BCUT2D eigenvalue weighted by Gasteiger charge is 2.26. The number of carbonyl (C=O) groups excluding carboxylic acids is 1. The predicted molar refractivity (Wildman–Crippen MR) is 113 cm³/mol. The van der Waals surface area contributed by atoms with Crippen LogP contribution in [0.15, 0.2) is 59.8 Å². The van der Waals surface area contributed by atoms with Crippen LogP contribution in [-0.2, 0) is 4.79 Å². The molecule has 1 atom stereocenters. The van der Waals surface area contributed by atoms with Gasteiger partial charge < -0.3 is 4.90 Å². The molecule has 2 aromatic carbocycles. The Morgan fingerprint density at radius 2 is 1.71 bits per heavy atom. The monoisotopic (exact) mass is 412 g/mol. The Balaban J connectivity index is 1.69. The fourth-order valence-corrected chi connectivity index (χ4v) is 4.42. The molecular formula is C21H21ClN4OS. The maximum Gasteiger partial charge on any atom is 0.235 e. The topological polar surface area (TPSA) is 51.0 Å². The molecule has 0 saturated carbocycles. The Bertz CT molecular complexity index is 952. The summed E-state index contributed by atoms with van der Waals surface area (Å²) in [6.07, 6.45) is 2.17. The van der Waals surface area contributed by atoms with Crippen LogP contribution < -0.4 is 0 Å². The highest BCUT2D eigenvalue weighted by molar-refractivity contribution is 8.00. The van der Waals surface area contributed by atoms with Crippen molar-refractivity contribution in [3.05, 3.63) is 59.6 Å². The summed E-state index contributed by atoms with van der Waals surface area (Å²) in [6, 6.07) is 17.5. The van der Waals surface area contributed by atoms with Crippen LogP contribution in [0.5, 0.6) is 0 Å². The van der Waals surface area contributed by atoms with Gasteiger partial charge >= 0.3 is 0 Å². The van der Waals surface area contributed by atoms with Crippen molar-refractivity contribution >= 4 is 29.3 Å². The molecule has 1 aliphatic heterocycles. The lowest BCUT2D eigenvalue weighted by Gasteiger charge is -2.20. The Morgan fingerprint density at radius 3 is 2.39 bits per heavy atom. The van der Waals surface area contributed by atoms with Gasteiger partial charge in [0.25, 0.3) is 0 Å². The maximum absolute atomic E-state index is 12.7. The van der Waals surface area contributed by atoms with Gasteiger partial charge in [0.2, 0.25) is 5.91 Å². The summed E-state index contributed by atoms with van der Waals surface area (Å²) in [5.41, 5.74) is 1.88. The second kappa shape index (κ2) is 8.37. The highest BCUT2D eigenvalue weighted by atomic mass is 35.5. The lowest BCUT2D eigenvalue weighted by atomic mass is 10.2. The van der Waals surface area contributed by atoms with E-state index >= 15 is 0 Å². The van der Waals surface area contributed by atoms with E-state index in [-0.39, 0.29) is 11.2 Å². The molecule has 1 aromatic heterocycles. The maximum atomic E-state index is 12.7. The molecule has 2 heterocycles. The number of amides is 1. The molecule has 5 nitrogen and oxygen atoms in total. The van der Waals surface area contributed by atoms with Gasteiger partial charge in [-0.3, -0.25) is 9.36 Å². The summed E-state index contributed by atoms with van der Waals surface area (Å²) in [5, 5.41) is 10.00. The van der Waals surface area contributed by atoms with Crippen LogP contribution in [0, 0.1) is 0 Å². The number of hydrogen-bond donors (Lipinski definition) is 0. The van der Waals surface area contributed by atoms with Gasteiger partial charge in [-0.05, 0) is 56.2 Å². The van der Waals surface area contributed by atoms with E-state index in [9.17, 15) is 4.79 Å². The number of para-hydroxylation sites is 1. The zero-order valence-electron chi connectivity index (χ0n) is 15.6. The minimum absolute atomic E-state index is 0.165. The number of thioether (sulfide) groups is 1. The number of halogens is 1. The molecule has 3 aromatic rings. The van der Waals surface area contributed by atoms with E-state index in [1.807, 2.05) is 71.0 Å². The van der Waals surface area contributed by atoms with Crippen LogP contribution in [0.4, 0.5) is 0 Å². The van der Waals surface area contributed by atoms with E-state index in [2.05, 4.69) is 10.2 Å². The molecule has 0 bridgehead atoms. The van der Waals surface area contributed by atoms with Crippen molar-refractivity contribution < 1.29 is 4.79 Å². The van der Waals surface area contributed by atoms with Gasteiger partial charge in [-0.2, -0.15) is 0 Å². The van der Waals surface area contributed by atoms with E-state index in [0.717, 1.165) is 43.0 Å². The molecule has 1 amide bonds. The fourth-order valence-electron chi connectivity index (χ4n) is 3.35. The minimum atomic E-state index is -0.220. The van der Waals surface area contributed by atoms with Crippen molar-refractivity contribution in [2.45, 2.75) is 30.2 Å². The van der Waals surface area contributed by atoms with Gasteiger partial charge in [0.1, 0.15) is 0 Å². The molecule has 0 unspecified atom stereocenters. The summed E-state index contributed by atoms with van der Waals surface area (Å²) in [5.74, 6) is 0.893. The molecule has 1 saturated heterocycles. The van der Waals surface area contributed by atoms with Crippen LogP contribution in [0.3, 0.4) is 0 Å². The molecule has 0 radical (unpaired) electrons. The summed E-state index contributed by atoms with van der Waals surface area (Å²) >= 11 is 7.49. The average molecular weight is 413 g/mol. The molecule has 1 aliphatic rings. The third-order valence-electron chi connectivity index (χ3n) is 4.80. The van der Waals surface area contributed by atoms with Crippen molar-refractivity contribution in [2.75, 3.05) is 13.1 Å². The SMILES string of the molecule is C[C@@H](Sc1nnc(-c2ccc(Cl)cc2)n1-c1ccccc1)C(=O)N1CCCC1. The molecule has 0 N–H and O–H groups in total. The molecule has 7 heteroatoms. The smallest absolute Gasteiger partial charge is 0.235 e. The van der Waals surface area contributed by atoms with Crippen LogP contribution in [-0.4, -0.2) is 43.9 Å². The summed E-state index contributed by atoms with van der Waals surface area (Å²) in [7, 11) is 0. The number of carbonyl (C=O) groups is 1. The van der Waals surface area contributed by atoms with Gasteiger partial charge in [0, 0.05) is 29.4 Å².